The van der Waals surface area contributed by atoms with Crippen LogP contribution in [0.25, 0.3) is 21.9 Å². The zero-order valence-corrected chi connectivity index (χ0v) is 15.5. The van der Waals surface area contributed by atoms with Crippen LogP contribution in [-0.4, -0.2) is 14.5 Å². The third-order valence-electron chi connectivity index (χ3n) is 4.08. The predicted molar refractivity (Wildman–Crippen MR) is 99.8 cm³/mol. The summed E-state index contributed by atoms with van der Waals surface area (Å²) < 4.78 is 65.5. The molecule has 27 heavy (non-hydrogen) atoms. The largest absolute Gasteiger partial charge is 0.416 e. The second kappa shape index (κ2) is 6.98. The van der Waals surface area contributed by atoms with E-state index in [2.05, 4.69) is 4.72 Å². The highest BCUT2D eigenvalue weighted by Crippen LogP contribution is 2.33. The van der Waals surface area contributed by atoms with Gasteiger partial charge >= 0.3 is 6.18 Å². The molecule has 1 N–H and O–H groups in total. The molecule has 142 valence electrons. The third kappa shape index (κ3) is 4.14. The number of alkyl halides is 3. The Bertz CT molecular complexity index is 1070. The maximum atomic E-state index is 12.8. The van der Waals surface area contributed by atoms with Gasteiger partial charge in [0.05, 0.1) is 10.5 Å². The normalized spacial score (nSPS) is 12.7. The molecule has 0 fully saturated rings. The molecule has 0 aliphatic rings. The fraction of sp³-hybridized carbons (Fsp3) is 0.200. The third-order valence-corrected chi connectivity index (χ3v) is 5.73. The predicted octanol–water partition coefficient (Wildman–Crippen LogP) is 5.21. The van der Waals surface area contributed by atoms with Crippen molar-refractivity contribution in [2.75, 3.05) is 0 Å². The Balaban J connectivity index is 2.06. The lowest BCUT2D eigenvalue weighted by atomic mass is 9.97. The minimum Gasteiger partial charge on any atom is -0.209 e. The molecule has 0 amide bonds. The highest BCUT2D eigenvalue weighted by atomic mass is 32.2. The Kier molecular flexibility index (Phi) is 5.01. The van der Waals surface area contributed by atoms with Crippen LogP contribution in [0.15, 0.2) is 65.6 Å². The lowest BCUT2D eigenvalue weighted by Crippen LogP contribution is -2.30. The highest BCUT2D eigenvalue weighted by Gasteiger charge is 2.30. The van der Waals surface area contributed by atoms with Crippen molar-refractivity contribution in [2.45, 2.75) is 31.0 Å². The zero-order valence-electron chi connectivity index (χ0n) is 14.7. The van der Waals surface area contributed by atoms with Gasteiger partial charge in [-0.25, -0.2) is 13.1 Å². The van der Waals surface area contributed by atoms with Crippen molar-refractivity contribution in [3.05, 3.63) is 66.2 Å². The summed E-state index contributed by atoms with van der Waals surface area (Å²) in [5.41, 5.74) is 0.658. The Morgan fingerprint density at radius 1 is 0.926 bits per heavy atom. The summed E-state index contributed by atoms with van der Waals surface area (Å²) in [6, 6.07) is 14.8. The van der Waals surface area contributed by atoms with Crippen molar-refractivity contribution in [2.24, 2.45) is 0 Å². The lowest BCUT2D eigenvalue weighted by Gasteiger charge is -2.12. The summed E-state index contributed by atoms with van der Waals surface area (Å²) >= 11 is 0. The molecule has 3 aromatic rings. The summed E-state index contributed by atoms with van der Waals surface area (Å²) in [5, 5.41) is 1.46. The molecule has 0 saturated heterocycles. The molecule has 3 aromatic carbocycles. The van der Waals surface area contributed by atoms with Crippen molar-refractivity contribution >= 4 is 20.8 Å². The molecule has 0 bridgehead atoms. The van der Waals surface area contributed by atoms with Crippen molar-refractivity contribution in [1.82, 2.24) is 4.72 Å². The summed E-state index contributed by atoms with van der Waals surface area (Å²) in [4.78, 5) is 0.147. The molecule has 0 aromatic heterocycles. The van der Waals surface area contributed by atoms with Gasteiger partial charge in [0.25, 0.3) is 0 Å². The fourth-order valence-electron chi connectivity index (χ4n) is 2.90. The first-order valence-electron chi connectivity index (χ1n) is 8.31. The molecule has 0 saturated carbocycles. The quantitative estimate of drug-likeness (QED) is 0.661. The Morgan fingerprint density at radius 2 is 1.59 bits per heavy atom. The topological polar surface area (TPSA) is 46.2 Å². The highest BCUT2D eigenvalue weighted by molar-refractivity contribution is 7.89. The van der Waals surface area contributed by atoms with Gasteiger partial charge in [0.2, 0.25) is 10.0 Å². The maximum absolute atomic E-state index is 12.8. The van der Waals surface area contributed by atoms with Crippen LogP contribution in [0, 0.1) is 0 Å². The van der Waals surface area contributed by atoms with E-state index < -0.39 is 21.8 Å². The first-order valence-corrected chi connectivity index (χ1v) is 9.79. The summed E-state index contributed by atoms with van der Waals surface area (Å²) in [5.74, 6) is 0. The van der Waals surface area contributed by atoms with E-state index in [4.69, 9.17) is 0 Å². The van der Waals surface area contributed by atoms with E-state index in [0.717, 1.165) is 23.1 Å². The van der Waals surface area contributed by atoms with Gasteiger partial charge in [-0.05, 0) is 60.0 Å². The smallest absolute Gasteiger partial charge is 0.209 e. The number of nitrogens with one attached hydrogen (secondary N) is 1. The summed E-state index contributed by atoms with van der Waals surface area (Å²) in [6.45, 7) is 3.47. The summed E-state index contributed by atoms with van der Waals surface area (Å²) in [6.07, 6.45) is -4.38. The second-order valence-corrected chi connectivity index (χ2v) is 8.25. The van der Waals surface area contributed by atoms with E-state index in [-0.39, 0.29) is 10.9 Å². The van der Waals surface area contributed by atoms with Crippen LogP contribution in [0.4, 0.5) is 13.2 Å². The molecule has 3 nitrogen and oxygen atoms in total. The van der Waals surface area contributed by atoms with E-state index in [1.165, 1.54) is 18.2 Å². The van der Waals surface area contributed by atoms with E-state index in [9.17, 15) is 21.6 Å². The number of hydrogen-bond donors (Lipinski definition) is 1. The second-order valence-electron chi connectivity index (χ2n) is 6.54. The van der Waals surface area contributed by atoms with Gasteiger partial charge in [-0.2, -0.15) is 13.2 Å². The monoisotopic (exact) mass is 393 g/mol. The van der Waals surface area contributed by atoms with E-state index >= 15 is 0 Å². The molecular formula is C20H18F3NO2S. The number of rotatable bonds is 4. The molecule has 7 heteroatoms. The van der Waals surface area contributed by atoms with Crippen LogP contribution >= 0.6 is 0 Å². The Morgan fingerprint density at radius 3 is 2.19 bits per heavy atom. The van der Waals surface area contributed by atoms with Crippen molar-refractivity contribution in [3.63, 3.8) is 0 Å². The van der Waals surface area contributed by atoms with Gasteiger partial charge in [-0.15, -0.1) is 0 Å². The molecule has 0 spiro atoms. The van der Waals surface area contributed by atoms with Gasteiger partial charge in [0, 0.05) is 6.04 Å². The first-order chi connectivity index (χ1) is 12.6. The molecule has 0 atom stereocenters. The van der Waals surface area contributed by atoms with Crippen LogP contribution in [0.2, 0.25) is 0 Å². The molecule has 0 aliphatic heterocycles. The van der Waals surface area contributed by atoms with Gasteiger partial charge in [-0.3, -0.25) is 0 Å². The molecule has 0 radical (unpaired) electrons. The van der Waals surface area contributed by atoms with Gasteiger partial charge in [0.1, 0.15) is 0 Å². The maximum Gasteiger partial charge on any atom is 0.416 e. The lowest BCUT2D eigenvalue weighted by molar-refractivity contribution is -0.137. The van der Waals surface area contributed by atoms with Crippen molar-refractivity contribution in [1.29, 1.82) is 0 Å². The van der Waals surface area contributed by atoms with Crippen LogP contribution in [-0.2, 0) is 16.2 Å². The average Bonchev–Trinajstić information content (AvgIpc) is 2.59. The minimum atomic E-state index is -4.38. The molecule has 0 heterocycles. The van der Waals surface area contributed by atoms with E-state index in [1.54, 1.807) is 44.2 Å². The number of benzene rings is 3. The SMILES string of the molecule is CC(C)NS(=O)(=O)c1ccc2c(-c3ccc(C(F)(F)F)cc3)cccc2c1. The van der Waals surface area contributed by atoms with Gasteiger partial charge in [-0.1, -0.05) is 36.4 Å². The first kappa shape index (κ1) is 19.4. The van der Waals surface area contributed by atoms with Gasteiger partial charge in [0.15, 0.2) is 0 Å². The van der Waals surface area contributed by atoms with Crippen LogP contribution < -0.4 is 4.72 Å². The minimum absolute atomic E-state index is 0.147. The zero-order chi connectivity index (χ0) is 19.8. The standard InChI is InChI=1S/C20H18F3NO2S/c1-13(2)24-27(25,26)17-10-11-19-15(12-17)4-3-5-18(19)14-6-8-16(9-7-14)20(21,22)23/h3-13,24H,1-2H3. The number of hydrogen-bond acceptors (Lipinski definition) is 2. The van der Waals surface area contributed by atoms with Gasteiger partial charge < -0.3 is 0 Å². The van der Waals surface area contributed by atoms with Crippen LogP contribution in [0.1, 0.15) is 19.4 Å². The van der Waals surface area contributed by atoms with Crippen molar-refractivity contribution < 1.29 is 21.6 Å². The summed E-state index contributed by atoms with van der Waals surface area (Å²) in [7, 11) is -3.63. The van der Waals surface area contributed by atoms with E-state index in [1.807, 2.05) is 0 Å². The van der Waals surface area contributed by atoms with Crippen LogP contribution in [0.3, 0.4) is 0 Å². The molecular weight excluding hydrogens is 375 g/mol. The molecule has 0 aliphatic carbocycles. The molecule has 3 rings (SSSR count). The number of sulfonamides is 1. The van der Waals surface area contributed by atoms with E-state index in [0.29, 0.717) is 10.9 Å². The molecule has 0 unspecified atom stereocenters. The van der Waals surface area contributed by atoms with Crippen molar-refractivity contribution in [3.8, 4) is 11.1 Å². The Hall–Kier alpha value is -2.38. The average molecular weight is 393 g/mol. The fourth-order valence-corrected chi connectivity index (χ4v) is 4.18. The number of halogens is 3. The number of fused-ring (bicyclic) bond motifs is 1. The van der Waals surface area contributed by atoms with Crippen LogP contribution in [0.5, 0.6) is 0 Å². The Labute approximate surface area is 155 Å².